The predicted molar refractivity (Wildman–Crippen MR) is 177 cm³/mol. The lowest BCUT2D eigenvalue weighted by atomic mass is 9.89. The first-order valence-corrected chi connectivity index (χ1v) is 14.7. The van der Waals surface area contributed by atoms with Gasteiger partial charge in [0.2, 0.25) is 0 Å². The molecule has 0 bridgehead atoms. The molecule has 6 aromatic rings. The minimum absolute atomic E-state index is 0.0202. The number of carbonyl (C=O) groups is 1. The van der Waals surface area contributed by atoms with E-state index in [0.717, 1.165) is 24.3 Å². The predicted octanol–water partition coefficient (Wildman–Crippen LogP) is 9.63. The van der Waals surface area contributed by atoms with Crippen LogP contribution in [0.3, 0.4) is 0 Å². The lowest BCUT2D eigenvalue weighted by Crippen LogP contribution is -2.04. The van der Waals surface area contributed by atoms with Gasteiger partial charge in [-0.25, -0.2) is 17.6 Å². The summed E-state index contributed by atoms with van der Waals surface area (Å²) >= 11 is 0. The van der Waals surface area contributed by atoms with Crippen molar-refractivity contribution in [3.05, 3.63) is 166 Å². The Morgan fingerprint density at radius 2 is 0.560 bits per heavy atom. The summed E-state index contributed by atoms with van der Waals surface area (Å²) < 4.78 is 58.3. The molecule has 0 heterocycles. The zero-order valence-electron chi connectivity index (χ0n) is 25.6. The van der Waals surface area contributed by atoms with E-state index >= 15 is 0 Å². The van der Waals surface area contributed by atoms with Crippen LogP contribution in [0.4, 0.5) is 17.6 Å². The van der Waals surface area contributed by atoms with E-state index < -0.39 is 29.1 Å². The van der Waals surface area contributed by atoms with Gasteiger partial charge in [-0.2, -0.15) is 21.0 Å². The highest BCUT2D eigenvalue weighted by Crippen LogP contribution is 2.34. The second-order valence-electron chi connectivity index (χ2n) is 11.3. The van der Waals surface area contributed by atoms with Crippen LogP contribution in [0.1, 0.15) is 38.2 Å². The minimum Gasteiger partial charge on any atom is -0.289 e. The van der Waals surface area contributed by atoms with Crippen LogP contribution in [0, 0.1) is 68.6 Å². The average Bonchev–Trinajstić information content (AvgIpc) is 3.12. The first-order chi connectivity index (χ1) is 24.0. The molecule has 0 radical (unpaired) electrons. The SMILES string of the molecule is N#Cc1cc(F)cc(-c2cc(C(=O)c3cc(-c4cc(F)cc(C#N)c4)cc(-c4cc(F)cc(C#N)c4)c3)cc(-c3cc(F)cc(C#N)c3)c2)c1. The van der Waals surface area contributed by atoms with E-state index in [2.05, 4.69) is 0 Å². The monoisotopic (exact) mass is 658 g/mol. The molecule has 0 saturated carbocycles. The first kappa shape index (κ1) is 32.6. The molecular formula is C41H18F4N4O. The average molecular weight is 659 g/mol. The van der Waals surface area contributed by atoms with Crippen molar-refractivity contribution < 1.29 is 22.4 Å². The fraction of sp³-hybridized carbons (Fsp3) is 0. The smallest absolute Gasteiger partial charge is 0.193 e. The van der Waals surface area contributed by atoms with E-state index in [1.54, 1.807) is 12.1 Å². The zero-order chi connectivity index (χ0) is 35.5. The summed E-state index contributed by atoms with van der Waals surface area (Å²) in [6.07, 6.45) is 0. The number of ketones is 1. The van der Waals surface area contributed by atoms with E-state index in [0.29, 0.717) is 22.3 Å². The molecule has 6 rings (SSSR count). The number of benzene rings is 6. The van der Waals surface area contributed by atoms with Crippen LogP contribution < -0.4 is 0 Å². The minimum atomic E-state index is -0.703. The lowest BCUT2D eigenvalue weighted by Gasteiger charge is -2.14. The number of halogens is 4. The molecule has 0 saturated heterocycles. The van der Waals surface area contributed by atoms with Crippen LogP contribution in [-0.2, 0) is 0 Å². The number of nitriles is 4. The standard InChI is InChI=1S/C41H18F4N4O/c42-37-5-23(19-46)1-27(15-37)31-9-32(28-2-24(20-47)6-38(43)16-28)12-35(11-31)41(50)36-13-33(29-3-25(21-48)7-39(44)17-29)10-34(14-36)30-4-26(22-49)8-40(45)18-30/h1-18H. The Hall–Kier alpha value is -7.33. The molecule has 5 nitrogen and oxygen atoms in total. The van der Waals surface area contributed by atoms with E-state index in [9.17, 15) is 43.4 Å². The van der Waals surface area contributed by atoms with Crippen molar-refractivity contribution in [2.45, 2.75) is 0 Å². The molecule has 0 spiro atoms. The number of nitrogens with zero attached hydrogens (tertiary/aromatic N) is 4. The van der Waals surface area contributed by atoms with Crippen LogP contribution in [0.5, 0.6) is 0 Å². The highest BCUT2D eigenvalue weighted by molar-refractivity contribution is 6.11. The maximum absolute atomic E-state index is 14.6. The normalized spacial score (nSPS) is 10.4. The third kappa shape index (κ3) is 6.85. The summed E-state index contributed by atoms with van der Waals surface area (Å²) in [7, 11) is 0. The zero-order valence-corrected chi connectivity index (χ0v) is 25.6. The summed E-state index contributed by atoms with van der Waals surface area (Å²) in [5, 5.41) is 37.8. The Bertz CT molecular complexity index is 2230. The summed E-state index contributed by atoms with van der Waals surface area (Å²) in [5.41, 5.74) is 2.35. The maximum Gasteiger partial charge on any atom is 0.193 e. The summed E-state index contributed by atoms with van der Waals surface area (Å²) in [4.78, 5) is 14.4. The number of hydrogen-bond acceptors (Lipinski definition) is 5. The van der Waals surface area contributed by atoms with Crippen molar-refractivity contribution in [1.82, 2.24) is 0 Å². The number of carbonyl (C=O) groups excluding carboxylic acids is 1. The van der Waals surface area contributed by atoms with E-state index in [-0.39, 0.29) is 55.6 Å². The Morgan fingerprint density at radius 3 is 0.780 bits per heavy atom. The maximum atomic E-state index is 14.6. The van der Waals surface area contributed by atoms with Gasteiger partial charge in [0.1, 0.15) is 23.3 Å². The molecule has 0 N–H and O–H groups in total. The number of hydrogen-bond donors (Lipinski definition) is 0. The van der Waals surface area contributed by atoms with Crippen molar-refractivity contribution >= 4 is 5.78 Å². The van der Waals surface area contributed by atoms with E-state index in [4.69, 9.17) is 0 Å². The summed E-state index contributed by atoms with van der Waals surface area (Å²) in [6.45, 7) is 0. The Morgan fingerprint density at radius 1 is 0.340 bits per heavy atom. The molecule has 0 atom stereocenters. The highest BCUT2D eigenvalue weighted by atomic mass is 19.1. The van der Waals surface area contributed by atoms with Crippen molar-refractivity contribution in [1.29, 1.82) is 21.0 Å². The van der Waals surface area contributed by atoms with Gasteiger partial charge >= 0.3 is 0 Å². The molecular weight excluding hydrogens is 640 g/mol. The third-order valence-corrected chi connectivity index (χ3v) is 7.83. The highest BCUT2D eigenvalue weighted by Gasteiger charge is 2.18. The van der Waals surface area contributed by atoms with E-state index in [1.165, 1.54) is 72.8 Å². The van der Waals surface area contributed by atoms with Crippen LogP contribution in [-0.4, -0.2) is 5.78 Å². The van der Waals surface area contributed by atoms with Gasteiger partial charge in [0.15, 0.2) is 5.78 Å². The first-order valence-electron chi connectivity index (χ1n) is 14.7. The second kappa shape index (κ2) is 13.4. The molecule has 0 unspecified atom stereocenters. The largest absolute Gasteiger partial charge is 0.289 e. The van der Waals surface area contributed by atoms with Crippen molar-refractivity contribution in [3.8, 4) is 68.8 Å². The summed E-state index contributed by atoms with van der Waals surface area (Å²) in [5.74, 6) is -3.41. The van der Waals surface area contributed by atoms with Crippen molar-refractivity contribution in [2.24, 2.45) is 0 Å². The molecule has 50 heavy (non-hydrogen) atoms. The Kier molecular flexibility index (Phi) is 8.75. The van der Waals surface area contributed by atoms with Gasteiger partial charge < -0.3 is 0 Å². The van der Waals surface area contributed by atoms with Gasteiger partial charge in [-0.1, -0.05) is 0 Å². The topological polar surface area (TPSA) is 112 Å². The summed E-state index contributed by atoms with van der Waals surface area (Å²) in [6, 6.07) is 31.1. The van der Waals surface area contributed by atoms with Crippen LogP contribution in [0.2, 0.25) is 0 Å². The molecule has 0 aliphatic heterocycles. The quantitative estimate of drug-likeness (QED) is 0.131. The van der Waals surface area contributed by atoms with Crippen LogP contribution in [0.15, 0.2) is 109 Å². The lowest BCUT2D eigenvalue weighted by molar-refractivity contribution is 0.103. The third-order valence-electron chi connectivity index (χ3n) is 7.83. The molecule has 0 amide bonds. The number of rotatable bonds is 6. The molecule has 0 fully saturated rings. The second-order valence-corrected chi connectivity index (χ2v) is 11.3. The van der Waals surface area contributed by atoms with Crippen LogP contribution >= 0.6 is 0 Å². The molecule has 0 aliphatic rings. The van der Waals surface area contributed by atoms with Crippen molar-refractivity contribution in [3.63, 3.8) is 0 Å². The van der Waals surface area contributed by atoms with Gasteiger partial charge in [-0.15, -0.1) is 0 Å². The van der Waals surface area contributed by atoms with Gasteiger partial charge in [0, 0.05) is 11.1 Å². The molecule has 236 valence electrons. The van der Waals surface area contributed by atoms with Gasteiger partial charge in [0.05, 0.1) is 46.5 Å². The fourth-order valence-electron chi connectivity index (χ4n) is 5.63. The molecule has 9 heteroatoms. The van der Waals surface area contributed by atoms with Gasteiger partial charge in [0.25, 0.3) is 0 Å². The van der Waals surface area contributed by atoms with Crippen molar-refractivity contribution in [2.75, 3.05) is 0 Å². The van der Waals surface area contributed by atoms with Crippen LogP contribution in [0.25, 0.3) is 44.5 Å². The van der Waals surface area contributed by atoms with Gasteiger partial charge in [-0.05, 0) is 154 Å². The van der Waals surface area contributed by atoms with Gasteiger partial charge in [-0.3, -0.25) is 4.79 Å². The fourth-order valence-corrected chi connectivity index (χ4v) is 5.63. The Balaban J connectivity index is 1.60. The molecule has 6 aromatic carbocycles. The van der Waals surface area contributed by atoms with E-state index in [1.807, 2.05) is 24.3 Å². The Labute approximate surface area is 283 Å². The molecule has 0 aliphatic carbocycles. The molecule has 0 aromatic heterocycles.